The van der Waals surface area contributed by atoms with Crippen LogP contribution in [0, 0.1) is 5.41 Å². The molecule has 0 rings (SSSR count). The number of aliphatic carboxylic acids is 2. The van der Waals surface area contributed by atoms with Crippen molar-refractivity contribution < 1.29 is 19.8 Å². The van der Waals surface area contributed by atoms with Crippen LogP contribution in [0.5, 0.6) is 0 Å². The Morgan fingerprint density at radius 1 is 0.938 bits per heavy atom. The van der Waals surface area contributed by atoms with E-state index in [9.17, 15) is 9.59 Å². The Bertz CT molecular complexity index is 204. The van der Waals surface area contributed by atoms with Crippen molar-refractivity contribution in [1.29, 1.82) is 0 Å². The van der Waals surface area contributed by atoms with Gasteiger partial charge in [0.1, 0.15) is 0 Å². The molecule has 0 amide bonds. The first kappa shape index (κ1) is 18.3. The molecule has 0 aliphatic heterocycles. The summed E-state index contributed by atoms with van der Waals surface area (Å²) in [6.07, 6.45) is 3.37. The van der Waals surface area contributed by atoms with E-state index in [2.05, 4.69) is 0 Å². The van der Waals surface area contributed by atoms with Crippen molar-refractivity contribution in [1.82, 2.24) is 0 Å². The molecule has 2 N–H and O–H groups in total. The van der Waals surface area contributed by atoms with E-state index >= 15 is 0 Å². The molecule has 0 saturated heterocycles. The molecule has 90 valence electrons. The topological polar surface area (TPSA) is 74.6 Å². The van der Waals surface area contributed by atoms with Crippen LogP contribution in [0.15, 0.2) is 0 Å². The van der Waals surface area contributed by atoms with Crippen LogP contribution in [0.4, 0.5) is 0 Å². The maximum atomic E-state index is 11.1. The van der Waals surface area contributed by atoms with E-state index in [0.29, 0.717) is 12.8 Å². The predicted molar refractivity (Wildman–Crippen MR) is 63.9 cm³/mol. The zero-order valence-corrected chi connectivity index (χ0v) is 9.45. The van der Waals surface area contributed by atoms with E-state index in [0.717, 1.165) is 12.8 Å². The monoisotopic (exact) mass is 240 g/mol. The third kappa shape index (κ3) is 4.85. The summed E-state index contributed by atoms with van der Waals surface area (Å²) >= 11 is 0. The quantitative estimate of drug-likeness (QED) is 0.501. The van der Waals surface area contributed by atoms with Gasteiger partial charge in [-0.1, -0.05) is 39.5 Å². The predicted octanol–water partition coefficient (Wildman–Crippen LogP) is 1.87. The van der Waals surface area contributed by atoms with Crippen LogP contribution >= 0.6 is 0 Å². The van der Waals surface area contributed by atoms with Gasteiger partial charge < -0.3 is 10.2 Å². The molecule has 4 nitrogen and oxygen atoms in total. The van der Waals surface area contributed by atoms with Crippen LogP contribution in [-0.4, -0.2) is 51.7 Å². The molecule has 5 heteroatoms. The van der Waals surface area contributed by atoms with Crippen LogP contribution in [0.25, 0.3) is 0 Å². The van der Waals surface area contributed by atoms with Crippen molar-refractivity contribution in [2.24, 2.45) is 5.41 Å². The minimum absolute atomic E-state index is 0. The van der Waals surface area contributed by atoms with Crippen LogP contribution in [0.2, 0.25) is 0 Å². The third-order valence-electron chi connectivity index (χ3n) is 2.73. The molecule has 0 spiro atoms. The van der Waals surface area contributed by atoms with Crippen molar-refractivity contribution in [3.05, 3.63) is 0 Å². The number of rotatable bonds is 8. The zero-order chi connectivity index (χ0) is 11.9. The van der Waals surface area contributed by atoms with Crippen molar-refractivity contribution in [3.63, 3.8) is 0 Å². The molecule has 0 unspecified atom stereocenters. The second-order valence-corrected chi connectivity index (χ2v) is 3.90. The average molecular weight is 240 g/mol. The summed E-state index contributed by atoms with van der Waals surface area (Å²) in [5.74, 6) is -2.39. The van der Waals surface area contributed by atoms with Crippen molar-refractivity contribution >= 4 is 41.5 Å². The number of carboxylic acids is 2. The third-order valence-corrected chi connectivity index (χ3v) is 2.73. The van der Waals surface area contributed by atoms with Gasteiger partial charge >= 0.3 is 41.5 Å². The van der Waals surface area contributed by atoms with Crippen molar-refractivity contribution in [3.8, 4) is 0 Å². The summed E-state index contributed by atoms with van der Waals surface area (Å²) in [6.45, 7) is 3.85. The van der Waals surface area contributed by atoms with Crippen LogP contribution in [-0.2, 0) is 9.59 Å². The molecule has 0 heterocycles. The fourth-order valence-electron chi connectivity index (χ4n) is 1.60. The standard InChI is InChI=1S/C11H20O4.Na.H/c1-3-5-7-11(9(12)13,10(14)15)8-6-4-2;;/h3-8H2,1-2H3,(H,12,13)(H,14,15);;. The summed E-state index contributed by atoms with van der Waals surface area (Å²) in [4.78, 5) is 22.2. The Morgan fingerprint density at radius 2 is 1.25 bits per heavy atom. The van der Waals surface area contributed by atoms with Gasteiger partial charge in [-0.3, -0.25) is 9.59 Å². The summed E-state index contributed by atoms with van der Waals surface area (Å²) in [7, 11) is 0. The number of carboxylic acid groups (broad SMARTS) is 2. The van der Waals surface area contributed by atoms with Gasteiger partial charge in [0, 0.05) is 0 Å². The van der Waals surface area contributed by atoms with Gasteiger partial charge in [0.25, 0.3) is 0 Å². The minimum atomic E-state index is -1.56. The first-order valence-electron chi connectivity index (χ1n) is 5.48. The normalized spacial score (nSPS) is 10.6. The Labute approximate surface area is 119 Å². The fourth-order valence-corrected chi connectivity index (χ4v) is 1.60. The van der Waals surface area contributed by atoms with Crippen molar-refractivity contribution in [2.75, 3.05) is 0 Å². The van der Waals surface area contributed by atoms with E-state index in [1.807, 2.05) is 13.8 Å². The molecule has 0 radical (unpaired) electrons. The Balaban J connectivity index is 0. The number of carbonyl (C=O) groups is 2. The van der Waals surface area contributed by atoms with Crippen LogP contribution in [0.1, 0.15) is 52.4 Å². The van der Waals surface area contributed by atoms with Gasteiger partial charge in [-0.2, -0.15) is 0 Å². The molecule has 0 aromatic rings. The second kappa shape index (κ2) is 9.02. The second-order valence-electron chi connectivity index (χ2n) is 3.90. The summed E-state index contributed by atoms with van der Waals surface area (Å²) in [6, 6.07) is 0. The Morgan fingerprint density at radius 3 is 1.44 bits per heavy atom. The summed E-state index contributed by atoms with van der Waals surface area (Å²) in [5, 5.41) is 18.1. The fraction of sp³-hybridized carbons (Fsp3) is 0.818. The molecule has 0 fully saturated rings. The van der Waals surface area contributed by atoms with Gasteiger partial charge in [-0.15, -0.1) is 0 Å². The number of hydrogen-bond acceptors (Lipinski definition) is 2. The summed E-state index contributed by atoms with van der Waals surface area (Å²) < 4.78 is 0. The molecule has 0 bridgehead atoms. The maximum absolute atomic E-state index is 11.1. The van der Waals surface area contributed by atoms with Crippen molar-refractivity contribution in [2.45, 2.75) is 52.4 Å². The van der Waals surface area contributed by atoms with Gasteiger partial charge in [0.05, 0.1) is 0 Å². The van der Waals surface area contributed by atoms with Gasteiger partial charge in [0.15, 0.2) is 5.41 Å². The van der Waals surface area contributed by atoms with E-state index in [1.54, 1.807) is 0 Å². The van der Waals surface area contributed by atoms with Gasteiger partial charge in [-0.25, -0.2) is 0 Å². The molecule has 0 aromatic heterocycles. The molecule has 0 aromatic carbocycles. The van der Waals surface area contributed by atoms with E-state index in [4.69, 9.17) is 10.2 Å². The zero-order valence-electron chi connectivity index (χ0n) is 9.45. The number of hydrogen-bond donors (Lipinski definition) is 2. The van der Waals surface area contributed by atoms with E-state index in [-0.39, 0.29) is 42.4 Å². The number of unbranched alkanes of at least 4 members (excludes halogenated alkanes) is 2. The first-order chi connectivity index (χ1) is 7.01. The molecule has 0 saturated carbocycles. The van der Waals surface area contributed by atoms with Crippen LogP contribution in [0.3, 0.4) is 0 Å². The summed E-state index contributed by atoms with van der Waals surface area (Å²) in [5.41, 5.74) is -1.56. The molecule has 0 aliphatic rings. The molecule has 0 atom stereocenters. The van der Waals surface area contributed by atoms with Crippen LogP contribution < -0.4 is 0 Å². The molecular weight excluding hydrogens is 219 g/mol. The van der Waals surface area contributed by atoms with Gasteiger partial charge in [0.2, 0.25) is 0 Å². The molecular formula is C11H21NaO4. The molecule has 0 aliphatic carbocycles. The first-order valence-corrected chi connectivity index (χ1v) is 5.48. The van der Waals surface area contributed by atoms with Gasteiger partial charge in [-0.05, 0) is 12.8 Å². The SMILES string of the molecule is CCCCC(CCCC)(C(=O)O)C(=O)O.[NaH]. The average Bonchev–Trinajstić information content (AvgIpc) is 2.17. The molecule has 16 heavy (non-hydrogen) atoms. The Hall–Kier alpha value is -0.0600. The van der Waals surface area contributed by atoms with E-state index < -0.39 is 17.4 Å². The Kier molecular flexibility index (Phi) is 10.3. The van der Waals surface area contributed by atoms with E-state index in [1.165, 1.54) is 0 Å².